The number of ether oxygens (including phenoxy) is 1. The number of nitrogens with one attached hydrogen (secondary N) is 2. The first-order chi connectivity index (χ1) is 11.7. The van der Waals surface area contributed by atoms with Crippen LogP contribution in [0.25, 0.3) is 0 Å². The molecule has 0 heterocycles. The van der Waals surface area contributed by atoms with E-state index >= 15 is 0 Å². The van der Waals surface area contributed by atoms with E-state index in [-0.39, 0.29) is 12.3 Å². The van der Waals surface area contributed by atoms with Crippen molar-refractivity contribution in [2.45, 2.75) is 6.54 Å². The van der Waals surface area contributed by atoms with Gasteiger partial charge in [0.2, 0.25) is 0 Å². The number of hydrogen-bond donors (Lipinski definition) is 3. The van der Waals surface area contributed by atoms with Gasteiger partial charge in [0.1, 0.15) is 12.4 Å². The van der Waals surface area contributed by atoms with Gasteiger partial charge in [0.05, 0.1) is 11.5 Å². The van der Waals surface area contributed by atoms with Gasteiger partial charge in [-0.3, -0.25) is 10.1 Å². The standard InChI is InChI=1S/C17H21N3O4/c21-11-12-24-17-7-1-14(2-8-17)13-18-9-10-19-15-3-5-16(6-4-15)20(22)23/h1-8,18-19,21H,9-13H2. The molecule has 0 atom stereocenters. The van der Waals surface area contributed by atoms with Crippen LogP contribution in [0.4, 0.5) is 11.4 Å². The Morgan fingerprint density at radius 1 is 1.04 bits per heavy atom. The molecule has 0 aliphatic carbocycles. The summed E-state index contributed by atoms with van der Waals surface area (Å²) in [5, 5.41) is 25.8. The second-order valence-corrected chi connectivity index (χ2v) is 5.12. The first kappa shape index (κ1) is 17.7. The molecule has 0 saturated carbocycles. The Morgan fingerprint density at radius 2 is 1.75 bits per heavy atom. The lowest BCUT2D eigenvalue weighted by atomic mass is 10.2. The predicted molar refractivity (Wildman–Crippen MR) is 92.3 cm³/mol. The van der Waals surface area contributed by atoms with Gasteiger partial charge in [0, 0.05) is 37.5 Å². The maximum Gasteiger partial charge on any atom is 0.269 e. The molecule has 0 spiro atoms. The maximum atomic E-state index is 10.6. The molecule has 0 aromatic heterocycles. The van der Waals surface area contributed by atoms with E-state index < -0.39 is 4.92 Å². The van der Waals surface area contributed by atoms with Gasteiger partial charge in [-0.15, -0.1) is 0 Å². The SMILES string of the molecule is O=[N+]([O-])c1ccc(NCCNCc2ccc(OCCO)cc2)cc1. The Bertz CT molecular complexity index is 629. The van der Waals surface area contributed by atoms with Crippen LogP contribution in [-0.2, 0) is 6.54 Å². The molecule has 0 aliphatic rings. The molecule has 0 unspecified atom stereocenters. The topological polar surface area (TPSA) is 96.7 Å². The van der Waals surface area contributed by atoms with Crippen LogP contribution in [0.15, 0.2) is 48.5 Å². The first-order valence-corrected chi connectivity index (χ1v) is 7.70. The number of nitrogens with zero attached hydrogens (tertiary/aromatic N) is 1. The lowest BCUT2D eigenvalue weighted by Crippen LogP contribution is -2.21. The minimum atomic E-state index is -0.411. The zero-order valence-electron chi connectivity index (χ0n) is 13.3. The van der Waals surface area contributed by atoms with Crippen LogP contribution in [0, 0.1) is 10.1 Å². The molecule has 2 aromatic rings. The van der Waals surface area contributed by atoms with Crippen molar-refractivity contribution >= 4 is 11.4 Å². The van der Waals surface area contributed by atoms with Gasteiger partial charge < -0.3 is 20.5 Å². The largest absolute Gasteiger partial charge is 0.491 e. The molecule has 0 bridgehead atoms. The second-order valence-electron chi connectivity index (χ2n) is 5.12. The van der Waals surface area contributed by atoms with Crippen molar-refractivity contribution in [1.29, 1.82) is 0 Å². The van der Waals surface area contributed by atoms with Crippen molar-refractivity contribution in [3.05, 3.63) is 64.2 Å². The van der Waals surface area contributed by atoms with Crippen LogP contribution in [0.1, 0.15) is 5.56 Å². The minimum absolute atomic E-state index is 0.00503. The van der Waals surface area contributed by atoms with Gasteiger partial charge in [-0.25, -0.2) is 0 Å². The Labute approximate surface area is 140 Å². The maximum absolute atomic E-state index is 10.6. The normalized spacial score (nSPS) is 10.4. The number of nitro benzene ring substituents is 1. The van der Waals surface area contributed by atoms with Gasteiger partial charge in [0.15, 0.2) is 0 Å². The fourth-order valence-electron chi connectivity index (χ4n) is 2.10. The molecule has 2 rings (SSSR count). The number of non-ortho nitro benzene ring substituents is 1. The van der Waals surface area contributed by atoms with Crippen molar-refractivity contribution in [3.8, 4) is 5.75 Å². The predicted octanol–water partition coefficient (Wildman–Crippen LogP) is 2.17. The third-order valence-electron chi connectivity index (χ3n) is 3.32. The number of nitro groups is 1. The summed E-state index contributed by atoms with van der Waals surface area (Å²) < 4.78 is 5.30. The Hall–Kier alpha value is -2.64. The first-order valence-electron chi connectivity index (χ1n) is 7.70. The molecule has 24 heavy (non-hydrogen) atoms. The molecule has 2 aromatic carbocycles. The molecule has 0 saturated heterocycles. The van der Waals surface area contributed by atoms with E-state index in [9.17, 15) is 10.1 Å². The van der Waals surface area contributed by atoms with Crippen LogP contribution in [-0.4, -0.2) is 36.3 Å². The molecule has 0 fully saturated rings. The minimum Gasteiger partial charge on any atom is -0.491 e. The smallest absolute Gasteiger partial charge is 0.269 e. The number of aliphatic hydroxyl groups is 1. The van der Waals surface area contributed by atoms with E-state index in [4.69, 9.17) is 9.84 Å². The third-order valence-corrected chi connectivity index (χ3v) is 3.32. The van der Waals surface area contributed by atoms with E-state index in [2.05, 4.69) is 10.6 Å². The zero-order chi connectivity index (χ0) is 17.2. The highest BCUT2D eigenvalue weighted by atomic mass is 16.6. The molecule has 0 amide bonds. The van der Waals surface area contributed by atoms with Gasteiger partial charge in [-0.1, -0.05) is 12.1 Å². The average molecular weight is 331 g/mol. The summed E-state index contributed by atoms with van der Waals surface area (Å²) in [5.74, 6) is 0.743. The van der Waals surface area contributed by atoms with Crippen LogP contribution in [0.2, 0.25) is 0 Å². The van der Waals surface area contributed by atoms with Gasteiger partial charge in [-0.2, -0.15) is 0 Å². The fraction of sp³-hybridized carbons (Fsp3) is 0.294. The number of anilines is 1. The monoisotopic (exact) mass is 331 g/mol. The Morgan fingerprint density at radius 3 is 2.38 bits per heavy atom. The van der Waals surface area contributed by atoms with Crippen LogP contribution < -0.4 is 15.4 Å². The highest BCUT2D eigenvalue weighted by Gasteiger charge is 2.03. The summed E-state index contributed by atoms with van der Waals surface area (Å²) in [4.78, 5) is 10.2. The molecule has 3 N–H and O–H groups in total. The van der Waals surface area contributed by atoms with Crippen molar-refractivity contribution < 1.29 is 14.8 Å². The number of benzene rings is 2. The van der Waals surface area contributed by atoms with Gasteiger partial charge in [-0.05, 0) is 29.8 Å². The quantitative estimate of drug-likeness (QED) is 0.351. The third kappa shape index (κ3) is 5.86. The van der Waals surface area contributed by atoms with E-state index in [0.29, 0.717) is 6.61 Å². The lowest BCUT2D eigenvalue weighted by molar-refractivity contribution is -0.384. The summed E-state index contributed by atoms with van der Waals surface area (Å²) in [6.07, 6.45) is 0. The summed E-state index contributed by atoms with van der Waals surface area (Å²) in [5.41, 5.74) is 2.08. The summed E-state index contributed by atoms with van der Waals surface area (Å²) in [7, 11) is 0. The highest BCUT2D eigenvalue weighted by Crippen LogP contribution is 2.15. The van der Waals surface area contributed by atoms with Gasteiger partial charge >= 0.3 is 0 Å². The molecule has 7 nitrogen and oxygen atoms in total. The number of aliphatic hydroxyl groups excluding tert-OH is 1. The molecular weight excluding hydrogens is 310 g/mol. The van der Waals surface area contributed by atoms with Crippen LogP contribution in [0.3, 0.4) is 0 Å². The molecule has 0 radical (unpaired) electrons. The molecule has 128 valence electrons. The van der Waals surface area contributed by atoms with Crippen LogP contribution >= 0.6 is 0 Å². The van der Waals surface area contributed by atoms with E-state index in [0.717, 1.165) is 36.6 Å². The number of rotatable bonds is 10. The van der Waals surface area contributed by atoms with Crippen molar-refractivity contribution in [3.63, 3.8) is 0 Å². The second kappa shape index (κ2) is 9.49. The zero-order valence-corrected chi connectivity index (χ0v) is 13.3. The van der Waals surface area contributed by atoms with Crippen molar-refractivity contribution in [1.82, 2.24) is 5.32 Å². The van der Waals surface area contributed by atoms with Crippen molar-refractivity contribution in [2.75, 3.05) is 31.6 Å². The molecule has 7 heteroatoms. The molecule has 0 aliphatic heterocycles. The highest BCUT2D eigenvalue weighted by molar-refractivity contribution is 5.48. The molecular formula is C17H21N3O4. The van der Waals surface area contributed by atoms with E-state index in [1.165, 1.54) is 12.1 Å². The summed E-state index contributed by atoms with van der Waals surface area (Å²) in [6.45, 7) is 2.52. The summed E-state index contributed by atoms with van der Waals surface area (Å²) in [6, 6.07) is 14.1. The van der Waals surface area contributed by atoms with Gasteiger partial charge in [0.25, 0.3) is 5.69 Å². The summed E-state index contributed by atoms with van der Waals surface area (Å²) >= 11 is 0. The number of hydrogen-bond acceptors (Lipinski definition) is 6. The fourth-order valence-corrected chi connectivity index (χ4v) is 2.10. The average Bonchev–Trinajstić information content (AvgIpc) is 2.61. The Balaban J connectivity index is 1.64. The van der Waals surface area contributed by atoms with E-state index in [1.807, 2.05) is 24.3 Å². The van der Waals surface area contributed by atoms with E-state index in [1.54, 1.807) is 12.1 Å². The Kier molecular flexibility index (Phi) is 7.00. The lowest BCUT2D eigenvalue weighted by Gasteiger charge is -2.09. The van der Waals surface area contributed by atoms with Crippen LogP contribution in [0.5, 0.6) is 5.75 Å². The van der Waals surface area contributed by atoms with Crippen molar-refractivity contribution in [2.24, 2.45) is 0 Å².